The molecule has 0 aliphatic heterocycles. The number of hydrogen-bond donors (Lipinski definition) is 1. The molecule has 0 atom stereocenters. The van der Waals surface area contributed by atoms with Crippen molar-refractivity contribution in [2.75, 3.05) is 5.73 Å². The van der Waals surface area contributed by atoms with Crippen LogP contribution < -0.4 is 11.3 Å². The summed E-state index contributed by atoms with van der Waals surface area (Å²) in [4.78, 5) is 25.6. The maximum atomic E-state index is 12.8. The summed E-state index contributed by atoms with van der Waals surface area (Å²) >= 11 is 0. The van der Waals surface area contributed by atoms with Crippen molar-refractivity contribution in [2.45, 2.75) is 26.2 Å². The molecular formula is C16H17N5O. The van der Waals surface area contributed by atoms with Crippen LogP contribution in [0.2, 0.25) is 0 Å². The summed E-state index contributed by atoms with van der Waals surface area (Å²) in [6, 6.07) is 7.17. The summed E-state index contributed by atoms with van der Waals surface area (Å²) in [5.41, 5.74) is 7.59. The van der Waals surface area contributed by atoms with Crippen LogP contribution in [0, 0.1) is 0 Å². The van der Waals surface area contributed by atoms with Gasteiger partial charge in [-0.2, -0.15) is 0 Å². The second kappa shape index (κ2) is 5.93. The molecule has 1 aromatic carbocycles. The van der Waals surface area contributed by atoms with Crippen molar-refractivity contribution in [3.05, 3.63) is 52.8 Å². The van der Waals surface area contributed by atoms with Crippen molar-refractivity contribution in [1.82, 2.24) is 19.5 Å². The number of nitrogen functional groups attached to an aromatic ring is 1. The van der Waals surface area contributed by atoms with Crippen LogP contribution in [-0.4, -0.2) is 19.5 Å². The Labute approximate surface area is 127 Å². The molecule has 22 heavy (non-hydrogen) atoms. The van der Waals surface area contributed by atoms with E-state index in [1.54, 1.807) is 22.9 Å². The Balaban J connectivity index is 2.27. The minimum Gasteiger partial charge on any atom is -0.399 e. The van der Waals surface area contributed by atoms with Crippen molar-refractivity contribution >= 4 is 16.9 Å². The van der Waals surface area contributed by atoms with E-state index in [-0.39, 0.29) is 11.1 Å². The van der Waals surface area contributed by atoms with Crippen molar-refractivity contribution in [1.29, 1.82) is 0 Å². The second-order valence-electron chi connectivity index (χ2n) is 5.09. The predicted molar refractivity (Wildman–Crippen MR) is 86.0 cm³/mol. The number of rotatable bonds is 4. The summed E-state index contributed by atoms with van der Waals surface area (Å²) < 4.78 is 1.60. The molecule has 6 nitrogen and oxygen atoms in total. The predicted octanol–water partition coefficient (Wildman–Crippen LogP) is 2.10. The van der Waals surface area contributed by atoms with Gasteiger partial charge >= 0.3 is 0 Å². The number of anilines is 1. The molecule has 2 aromatic heterocycles. The van der Waals surface area contributed by atoms with Crippen molar-refractivity contribution < 1.29 is 0 Å². The minimum absolute atomic E-state index is 0.200. The molecule has 0 aliphatic carbocycles. The van der Waals surface area contributed by atoms with Gasteiger partial charge in [0.2, 0.25) is 0 Å². The van der Waals surface area contributed by atoms with E-state index in [9.17, 15) is 4.79 Å². The minimum atomic E-state index is -0.200. The summed E-state index contributed by atoms with van der Waals surface area (Å²) in [5.74, 6) is 0.699. The smallest absolute Gasteiger partial charge is 0.286 e. The van der Waals surface area contributed by atoms with Crippen LogP contribution in [0.5, 0.6) is 0 Å². The van der Waals surface area contributed by atoms with Gasteiger partial charge in [-0.3, -0.25) is 9.36 Å². The van der Waals surface area contributed by atoms with Crippen LogP contribution in [0.15, 0.2) is 41.5 Å². The lowest BCUT2D eigenvalue weighted by Crippen LogP contribution is -2.25. The molecule has 2 N–H and O–H groups in total. The van der Waals surface area contributed by atoms with E-state index in [1.807, 2.05) is 12.1 Å². The van der Waals surface area contributed by atoms with Crippen LogP contribution in [0.25, 0.3) is 16.9 Å². The van der Waals surface area contributed by atoms with Crippen LogP contribution in [0.4, 0.5) is 5.69 Å². The number of benzene rings is 1. The highest BCUT2D eigenvalue weighted by Crippen LogP contribution is 2.14. The van der Waals surface area contributed by atoms with E-state index in [1.165, 1.54) is 6.20 Å². The third kappa shape index (κ3) is 2.55. The molecule has 0 bridgehead atoms. The zero-order valence-corrected chi connectivity index (χ0v) is 12.4. The molecule has 0 radical (unpaired) electrons. The Morgan fingerprint density at radius 2 is 1.86 bits per heavy atom. The van der Waals surface area contributed by atoms with Gasteiger partial charge in [-0.05, 0) is 30.7 Å². The largest absolute Gasteiger partial charge is 0.399 e. The topological polar surface area (TPSA) is 86.7 Å². The third-order valence-electron chi connectivity index (χ3n) is 3.48. The van der Waals surface area contributed by atoms with E-state index in [2.05, 4.69) is 21.9 Å². The molecule has 0 saturated carbocycles. The van der Waals surface area contributed by atoms with E-state index in [0.29, 0.717) is 23.6 Å². The summed E-state index contributed by atoms with van der Waals surface area (Å²) in [6.45, 7) is 2.10. The van der Waals surface area contributed by atoms with Crippen LogP contribution in [0.1, 0.15) is 25.6 Å². The van der Waals surface area contributed by atoms with Gasteiger partial charge in [0.05, 0.1) is 5.69 Å². The highest BCUT2D eigenvalue weighted by atomic mass is 16.1. The lowest BCUT2D eigenvalue weighted by atomic mass is 10.2. The van der Waals surface area contributed by atoms with Crippen molar-refractivity contribution in [3.8, 4) is 5.69 Å². The maximum absolute atomic E-state index is 12.8. The number of nitrogens with two attached hydrogens (primary N) is 1. The van der Waals surface area contributed by atoms with E-state index < -0.39 is 0 Å². The van der Waals surface area contributed by atoms with Gasteiger partial charge in [0.1, 0.15) is 5.82 Å². The van der Waals surface area contributed by atoms with Gasteiger partial charge in [-0.1, -0.05) is 13.3 Å². The fourth-order valence-corrected chi connectivity index (χ4v) is 2.35. The Hall–Kier alpha value is -2.76. The highest BCUT2D eigenvalue weighted by Gasteiger charge is 2.13. The van der Waals surface area contributed by atoms with Crippen molar-refractivity contribution in [3.63, 3.8) is 0 Å². The fourth-order valence-electron chi connectivity index (χ4n) is 2.35. The molecule has 3 aromatic rings. The third-order valence-corrected chi connectivity index (χ3v) is 3.48. The number of hydrogen-bond acceptors (Lipinski definition) is 5. The number of aromatic nitrogens is 4. The monoisotopic (exact) mass is 295 g/mol. The molecule has 3 rings (SSSR count). The van der Waals surface area contributed by atoms with Crippen LogP contribution in [0.3, 0.4) is 0 Å². The normalized spacial score (nSPS) is 11.0. The van der Waals surface area contributed by atoms with E-state index >= 15 is 0 Å². The lowest BCUT2D eigenvalue weighted by Gasteiger charge is -2.12. The summed E-state index contributed by atoms with van der Waals surface area (Å²) in [7, 11) is 0. The van der Waals surface area contributed by atoms with Crippen LogP contribution in [-0.2, 0) is 6.42 Å². The molecule has 112 valence electrons. The highest BCUT2D eigenvalue weighted by molar-refractivity contribution is 5.68. The van der Waals surface area contributed by atoms with Gasteiger partial charge in [0, 0.05) is 24.5 Å². The second-order valence-corrected chi connectivity index (χ2v) is 5.09. The Bertz CT molecular complexity index is 855. The zero-order chi connectivity index (χ0) is 15.5. The molecule has 2 heterocycles. The van der Waals surface area contributed by atoms with Gasteiger partial charge in [0.15, 0.2) is 11.2 Å². The van der Waals surface area contributed by atoms with Gasteiger partial charge in [-0.15, -0.1) is 0 Å². The number of aryl methyl sites for hydroxylation is 1. The molecule has 0 fully saturated rings. The first kappa shape index (κ1) is 14.2. The summed E-state index contributed by atoms with van der Waals surface area (Å²) in [6.07, 6.45) is 5.74. The van der Waals surface area contributed by atoms with Crippen LogP contribution >= 0.6 is 0 Å². The van der Waals surface area contributed by atoms with Gasteiger partial charge < -0.3 is 5.73 Å². The molecular weight excluding hydrogens is 278 g/mol. The molecule has 0 saturated heterocycles. The number of nitrogens with zero attached hydrogens (tertiary/aromatic N) is 4. The lowest BCUT2D eigenvalue weighted by molar-refractivity contribution is 0.718. The van der Waals surface area contributed by atoms with Gasteiger partial charge in [0.25, 0.3) is 5.56 Å². The molecule has 0 spiro atoms. The first-order valence-electron chi connectivity index (χ1n) is 7.29. The van der Waals surface area contributed by atoms with Crippen molar-refractivity contribution in [2.24, 2.45) is 0 Å². The van der Waals surface area contributed by atoms with E-state index in [0.717, 1.165) is 18.5 Å². The Morgan fingerprint density at radius 3 is 2.59 bits per heavy atom. The SMILES string of the molecule is CCCCc1nc2nccnc2c(=O)n1-c1ccc(N)cc1. The molecule has 0 aliphatic rings. The number of unbranched alkanes of at least 4 members (excludes halogenated alkanes) is 1. The maximum Gasteiger partial charge on any atom is 0.286 e. The molecule has 0 unspecified atom stereocenters. The zero-order valence-electron chi connectivity index (χ0n) is 12.4. The van der Waals surface area contributed by atoms with E-state index in [4.69, 9.17) is 5.73 Å². The average molecular weight is 295 g/mol. The quantitative estimate of drug-likeness (QED) is 0.745. The Morgan fingerprint density at radius 1 is 1.14 bits per heavy atom. The molecule has 0 amide bonds. The molecule has 6 heteroatoms. The standard InChI is InChI=1S/C16H17N5O/c1-2-3-4-13-20-15-14(18-9-10-19-15)16(22)21(13)12-7-5-11(17)6-8-12/h5-10H,2-4,17H2,1H3. The summed E-state index contributed by atoms with van der Waals surface area (Å²) in [5, 5.41) is 0. The average Bonchev–Trinajstić information content (AvgIpc) is 2.54. The Kier molecular flexibility index (Phi) is 3.82. The van der Waals surface area contributed by atoms with Gasteiger partial charge in [-0.25, -0.2) is 15.0 Å². The fraction of sp³-hybridized carbons (Fsp3) is 0.250. The number of fused-ring (bicyclic) bond motifs is 1. The first-order valence-corrected chi connectivity index (χ1v) is 7.29. The first-order chi connectivity index (χ1) is 10.7.